The normalized spacial score (nSPS) is 11.2. The fraction of sp³-hybridized carbons (Fsp3) is 0. The second-order valence-electron chi connectivity index (χ2n) is 4.50. The minimum Gasteiger partial charge on any atom is -0.264 e. The summed E-state index contributed by atoms with van der Waals surface area (Å²) >= 11 is 4.89. The first-order valence-electron chi connectivity index (χ1n) is 6.50. The number of nitriles is 1. The first-order chi connectivity index (χ1) is 10.8. The van der Waals surface area contributed by atoms with Crippen LogP contribution in [-0.2, 0) is 0 Å². The second kappa shape index (κ2) is 6.65. The fourth-order valence-electron chi connectivity index (χ4n) is 1.92. The highest BCUT2D eigenvalue weighted by atomic mass is 79.9. The Labute approximate surface area is 140 Å². The molecule has 0 bridgehead atoms. The van der Waals surface area contributed by atoms with Gasteiger partial charge in [0.05, 0.1) is 11.3 Å². The van der Waals surface area contributed by atoms with E-state index in [1.54, 1.807) is 18.5 Å². The molecule has 0 radical (unpaired) electrons. The summed E-state index contributed by atoms with van der Waals surface area (Å²) in [4.78, 5) is 8.62. The minimum absolute atomic E-state index is 0.543. The molecule has 0 saturated carbocycles. The summed E-state index contributed by atoms with van der Waals surface area (Å²) in [6.45, 7) is 0. The van der Waals surface area contributed by atoms with Crippen LogP contribution in [0.2, 0.25) is 0 Å². The van der Waals surface area contributed by atoms with Gasteiger partial charge in [0.25, 0.3) is 0 Å². The molecule has 2 heterocycles. The number of rotatable bonds is 3. The lowest BCUT2D eigenvalue weighted by molar-refractivity contribution is 1.32. The Morgan fingerprint density at radius 3 is 2.73 bits per heavy atom. The van der Waals surface area contributed by atoms with Crippen LogP contribution < -0.4 is 0 Å². The lowest BCUT2D eigenvalue weighted by Gasteiger charge is -1.97. The van der Waals surface area contributed by atoms with E-state index in [0.29, 0.717) is 10.6 Å². The lowest BCUT2D eigenvalue weighted by Crippen LogP contribution is -1.83. The van der Waals surface area contributed by atoms with Crippen LogP contribution >= 0.6 is 27.3 Å². The smallest absolute Gasteiger partial charge is 0.134 e. The van der Waals surface area contributed by atoms with Gasteiger partial charge in [0.1, 0.15) is 11.1 Å². The summed E-state index contributed by atoms with van der Waals surface area (Å²) in [5, 5.41) is 12.1. The molecular formula is C17H10BrN3S. The van der Waals surface area contributed by atoms with E-state index >= 15 is 0 Å². The summed E-state index contributed by atoms with van der Waals surface area (Å²) in [7, 11) is 0. The summed E-state index contributed by atoms with van der Waals surface area (Å²) in [6.07, 6.45) is 5.23. The number of hydrogen-bond donors (Lipinski definition) is 0. The van der Waals surface area contributed by atoms with E-state index in [9.17, 15) is 5.26 Å². The van der Waals surface area contributed by atoms with Crippen molar-refractivity contribution < 1.29 is 0 Å². The first kappa shape index (κ1) is 14.6. The third kappa shape index (κ3) is 3.30. The summed E-state index contributed by atoms with van der Waals surface area (Å²) < 4.78 is 1.03. The van der Waals surface area contributed by atoms with Crippen molar-refractivity contribution in [3.05, 3.63) is 69.2 Å². The molecular weight excluding hydrogens is 358 g/mol. The highest BCUT2D eigenvalue weighted by Gasteiger charge is 2.09. The molecule has 3 rings (SSSR count). The van der Waals surface area contributed by atoms with Crippen LogP contribution in [0.15, 0.2) is 58.6 Å². The maximum Gasteiger partial charge on any atom is 0.134 e. The molecule has 0 spiro atoms. The molecule has 3 aromatic rings. The summed E-state index contributed by atoms with van der Waals surface area (Å²) in [5.74, 6) is 0. The van der Waals surface area contributed by atoms with E-state index < -0.39 is 0 Å². The number of aromatic nitrogens is 2. The van der Waals surface area contributed by atoms with Crippen LogP contribution in [-0.4, -0.2) is 9.97 Å². The number of pyridine rings is 1. The maximum atomic E-state index is 9.38. The molecule has 0 saturated heterocycles. The van der Waals surface area contributed by atoms with Crippen molar-refractivity contribution in [2.24, 2.45) is 0 Å². The molecule has 22 heavy (non-hydrogen) atoms. The van der Waals surface area contributed by atoms with E-state index in [1.165, 1.54) is 11.3 Å². The monoisotopic (exact) mass is 367 g/mol. The quantitative estimate of drug-likeness (QED) is 0.609. The van der Waals surface area contributed by atoms with Crippen molar-refractivity contribution in [2.45, 2.75) is 0 Å². The Bertz CT molecular complexity index is 846. The Morgan fingerprint density at radius 2 is 2.05 bits per heavy atom. The molecule has 106 valence electrons. The van der Waals surface area contributed by atoms with Crippen LogP contribution in [0.5, 0.6) is 0 Å². The highest BCUT2D eigenvalue weighted by molar-refractivity contribution is 9.10. The summed E-state index contributed by atoms with van der Waals surface area (Å²) in [6, 6.07) is 13.9. The lowest BCUT2D eigenvalue weighted by atomic mass is 10.1. The Morgan fingerprint density at radius 1 is 1.23 bits per heavy atom. The second-order valence-corrected chi connectivity index (χ2v) is 6.27. The van der Waals surface area contributed by atoms with Gasteiger partial charge in [-0.25, -0.2) is 4.98 Å². The number of hydrogen-bond acceptors (Lipinski definition) is 4. The van der Waals surface area contributed by atoms with Gasteiger partial charge in [-0.2, -0.15) is 5.26 Å². The van der Waals surface area contributed by atoms with Crippen molar-refractivity contribution >= 4 is 38.9 Å². The molecule has 0 aliphatic carbocycles. The summed E-state index contributed by atoms with van der Waals surface area (Å²) in [5.41, 5.74) is 3.34. The van der Waals surface area contributed by atoms with E-state index in [0.717, 1.165) is 21.3 Å². The van der Waals surface area contributed by atoms with Crippen molar-refractivity contribution in [3.63, 3.8) is 0 Å². The van der Waals surface area contributed by atoms with Gasteiger partial charge in [-0.1, -0.05) is 34.1 Å². The highest BCUT2D eigenvalue weighted by Crippen LogP contribution is 2.27. The van der Waals surface area contributed by atoms with Gasteiger partial charge in [-0.05, 0) is 29.8 Å². The largest absolute Gasteiger partial charge is 0.264 e. The van der Waals surface area contributed by atoms with E-state index in [4.69, 9.17) is 0 Å². The molecule has 0 atom stereocenters. The van der Waals surface area contributed by atoms with Crippen LogP contribution in [0.25, 0.3) is 22.9 Å². The third-order valence-electron chi connectivity index (χ3n) is 2.99. The minimum atomic E-state index is 0.543. The van der Waals surface area contributed by atoms with Crippen molar-refractivity contribution in [3.8, 4) is 17.3 Å². The number of thiazole rings is 1. The molecule has 2 aromatic heterocycles. The van der Waals surface area contributed by atoms with Gasteiger partial charge in [0.2, 0.25) is 0 Å². The topological polar surface area (TPSA) is 49.6 Å². The van der Waals surface area contributed by atoms with Gasteiger partial charge in [-0.3, -0.25) is 4.98 Å². The third-order valence-corrected chi connectivity index (χ3v) is 4.39. The fourth-order valence-corrected chi connectivity index (χ4v) is 2.98. The Balaban J connectivity index is 1.94. The van der Waals surface area contributed by atoms with Crippen molar-refractivity contribution in [1.82, 2.24) is 9.97 Å². The molecule has 1 aromatic carbocycles. The number of allylic oxidation sites excluding steroid dienone is 1. The SMILES string of the molecule is N#C/C(=C\c1cccnc1)c1nc(-c2ccc(Br)cc2)cs1. The standard InChI is InChI=1S/C17H10BrN3S/c18-15-5-3-13(4-6-15)16-11-22-17(21-16)14(9-19)8-12-2-1-7-20-10-12/h1-8,10-11H/b14-8+. The molecule has 0 amide bonds. The van der Waals surface area contributed by atoms with Gasteiger partial charge in [0, 0.05) is 27.8 Å². The first-order valence-corrected chi connectivity index (χ1v) is 8.17. The van der Waals surface area contributed by atoms with E-state index in [1.807, 2.05) is 41.8 Å². The molecule has 0 unspecified atom stereocenters. The average Bonchev–Trinajstić information content (AvgIpc) is 3.04. The van der Waals surface area contributed by atoms with Crippen LogP contribution in [0.1, 0.15) is 10.6 Å². The Hall–Kier alpha value is -2.29. The van der Waals surface area contributed by atoms with Crippen LogP contribution in [0.3, 0.4) is 0 Å². The molecule has 0 aliphatic rings. The zero-order valence-electron chi connectivity index (χ0n) is 11.4. The van der Waals surface area contributed by atoms with Gasteiger partial charge >= 0.3 is 0 Å². The molecule has 3 nitrogen and oxygen atoms in total. The average molecular weight is 368 g/mol. The van der Waals surface area contributed by atoms with Gasteiger partial charge in [-0.15, -0.1) is 11.3 Å². The predicted molar refractivity (Wildman–Crippen MR) is 93.0 cm³/mol. The maximum absolute atomic E-state index is 9.38. The van der Waals surface area contributed by atoms with Crippen molar-refractivity contribution in [1.29, 1.82) is 5.26 Å². The van der Waals surface area contributed by atoms with Crippen LogP contribution in [0, 0.1) is 11.3 Å². The van der Waals surface area contributed by atoms with Gasteiger partial charge < -0.3 is 0 Å². The number of nitrogens with zero attached hydrogens (tertiary/aromatic N) is 3. The van der Waals surface area contributed by atoms with E-state index in [-0.39, 0.29) is 0 Å². The molecule has 5 heteroatoms. The number of benzene rings is 1. The van der Waals surface area contributed by atoms with Gasteiger partial charge in [0.15, 0.2) is 0 Å². The molecule has 0 fully saturated rings. The zero-order valence-corrected chi connectivity index (χ0v) is 13.8. The Kier molecular flexibility index (Phi) is 4.42. The van der Waals surface area contributed by atoms with Crippen molar-refractivity contribution in [2.75, 3.05) is 0 Å². The number of halogens is 1. The van der Waals surface area contributed by atoms with Crippen LogP contribution in [0.4, 0.5) is 0 Å². The zero-order chi connectivity index (χ0) is 15.4. The molecule has 0 N–H and O–H groups in total. The predicted octanol–water partition coefficient (Wildman–Crippen LogP) is 5.03. The van der Waals surface area contributed by atoms with E-state index in [2.05, 4.69) is 32.0 Å². The molecule has 0 aliphatic heterocycles.